The Labute approximate surface area is 78.4 Å². The van der Waals surface area contributed by atoms with Gasteiger partial charge in [0.15, 0.2) is 0 Å². The van der Waals surface area contributed by atoms with Crippen LogP contribution in [0.25, 0.3) is 0 Å². The summed E-state index contributed by atoms with van der Waals surface area (Å²) >= 11 is 0. The number of amides is 1. The lowest BCUT2D eigenvalue weighted by Crippen LogP contribution is -2.35. The van der Waals surface area contributed by atoms with Crippen LogP contribution in [-0.4, -0.2) is 11.9 Å². The van der Waals surface area contributed by atoms with Gasteiger partial charge >= 0.3 is 0 Å². The van der Waals surface area contributed by atoms with E-state index >= 15 is 0 Å². The van der Waals surface area contributed by atoms with E-state index in [1.165, 1.54) is 6.08 Å². The van der Waals surface area contributed by atoms with Crippen LogP contribution in [0.3, 0.4) is 0 Å². The first-order valence-electron chi connectivity index (χ1n) is 4.60. The maximum absolute atomic E-state index is 11.2. The van der Waals surface area contributed by atoms with Gasteiger partial charge in [-0.1, -0.05) is 6.08 Å². The molecule has 1 fully saturated rings. The number of rotatable bonds is 2. The highest BCUT2D eigenvalue weighted by atomic mass is 16.1. The molecule has 1 saturated carbocycles. The molecule has 0 aromatic rings. The van der Waals surface area contributed by atoms with Gasteiger partial charge < -0.3 is 5.32 Å². The molecule has 0 aliphatic heterocycles. The summed E-state index contributed by atoms with van der Waals surface area (Å²) < 4.78 is 0. The third kappa shape index (κ3) is 2.59. The number of hydrogen-bond acceptors (Lipinski definition) is 2. The number of carbonyl (C=O) groups is 1. The van der Waals surface area contributed by atoms with Crippen molar-refractivity contribution in [2.45, 2.75) is 32.2 Å². The van der Waals surface area contributed by atoms with Crippen LogP contribution in [0.15, 0.2) is 12.2 Å². The standard InChI is InChI=1S/C10H14N2O/c1-2-4-10(13)12-9-6-3-5-8(9)7-11/h2,4,8-9H,3,5-6H2,1H3,(H,12,13)/b4-2+. The zero-order chi connectivity index (χ0) is 9.68. The molecular weight excluding hydrogens is 164 g/mol. The Bertz CT molecular complexity index is 252. The Morgan fingerprint density at radius 2 is 2.38 bits per heavy atom. The largest absolute Gasteiger partial charge is 0.349 e. The van der Waals surface area contributed by atoms with Crippen LogP contribution in [-0.2, 0) is 4.79 Å². The van der Waals surface area contributed by atoms with Gasteiger partial charge in [0, 0.05) is 6.04 Å². The minimum Gasteiger partial charge on any atom is -0.349 e. The number of nitriles is 1. The predicted octanol–water partition coefficient (Wildman–Crippen LogP) is 1.37. The SMILES string of the molecule is C/C=C/C(=O)NC1CCCC1C#N. The smallest absolute Gasteiger partial charge is 0.243 e. The first-order valence-corrected chi connectivity index (χ1v) is 4.60. The van der Waals surface area contributed by atoms with Gasteiger partial charge in [0.05, 0.1) is 12.0 Å². The van der Waals surface area contributed by atoms with Gasteiger partial charge in [-0.25, -0.2) is 0 Å². The highest BCUT2D eigenvalue weighted by Gasteiger charge is 2.27. The average molecular weight is 178 g/mol. The molecular formula is C10H14N2O. The van der Waals surface area contributed by atoms with Crippen molar-refractivity contribution in [1.82, 2.24) is 5.32 Å². The molecule has 2 atom stereocenters. The molecule has 1 N–H and O–H groups in total. The van der Waals surface area contributed by atoms with E-state index in [2.05, 4.69) is 11.4 Å². The van der Waals surface area contributed by atoms with Crippen LogP contribution in [0.1, 0.15) is 26.2 Å². The van der Waals surface area contributed by atoms with E-state index in [1.807, 2.05) is 0 Å². The summed E-state index contributed by atoms with van der Waals surface area (Å²) in [5, 5.41) is 11.6. The maximum atomic E-state index is 11.2. The van der Waals surface area contributed by atoms with Crippen molar-refractivity contribution >= 4 is 5.91 Å². The van der Waals surface area contributed by atoms with Gasteiger partial charge in [0.25, 0.3) is 0 Å². The lowest BCUT2D eigenvalue weighted by molar-refractivity contribution is -0.117. The fraction of sp³-hybridized carbons (Fsp3) is 0.600. The second-order valence-electron chi connectivity index (χ2n) is 3.28. The summed E-state index contributed by atoms with van der Waals surface area (Å²) in [7, 11) is 0. The van der Waals surface area contributed by atoms with Gasteiger partial charge in [0.1, 0.15) is 0 Å². The predicted molar refractivity (Wildman–Crippen MR) is 49.7 cm³/mol. The molecule has 0 aromatic heterocycles. The quantitative estimate of drug-likeness (QED) is 0.649. The zero-order valence-electron chi connectivity index (χ0n) is 7.79. The van der Waals surface area contributed by atoms with Crippen molar-refractivity contribution < 1.29 is 4.79 Å². The summed E-state index contributed by atoms with van der Waals surface area (Å²) in [5.74, 6) is -0.0798. The Hall–Kier alpha value is -1.30. The van der Waals surface area contributed by atoms with Crippen LogP contribution in [0, 0.1) is 17.2 Å². The van der Waals surface area contributed by atoms with Gasteiger partial charge in [0.2, 0.25) is 5.91 Å². The molecule has 3 heteroatoms. The van der Waals surface area contributed by atoms with E-state index in [-0.39, 0.29) is 17.9 Å². The summed E-state index contributed by atoms with van der Waals surface area (Å²) in [6, 6.07) is 2.29. The molecule has 0 heterocycles. The zero-order valence-corrected chi connectivity index (χ0v) is 7.79. The molecule has 1 rings (SSSR count). The Morgan fingerprint density at radius 1 is 1.62 bits per heavy atom. The molecule has 0 bridgehead atoms. The van der Waals surface area contributed by atoms with Crippen LogP contribution >= 0.6 is 0 Å². The van der Waals surface area contributed by atoms with Gasteiger partial charge in [-0.05, 0) is 32.3 Å². The number of carbonyl (C=O) groups excluding carboxylic acids is 1. The van der Waals surface area contributed by atoms with Gasteiger partial charge in [-0.2, -0.15) is 5.26 Å². The maximum Gasteiger partial charge on any atom is 0.243 e. The van der Waals surface area contributed by atoms with E-state index in [1.54, 1.807) is 13.0 Å². The first kappa shape index (κ1) is 9.79. The minimum atomic E-state index is -0.0883. The molecule has 1 aliphatic carbocycles. The molecule has 0 radical (unpaired) electrons. The summed E-state index contributed by atoms with van der Waals surface area (Å²) in [6.45, 7) is 1.80. The van der Waals surface area contributed by atoms with E-state index in [0.29, 0.717) is 0 Å². The van der Waals surface area contributed by atoms with Gasteiger partial charge in [-0.3, -0.25) is 4.79 Å². The van der Waals surface area contributed by atoms with Crippen molar-refractivity contribution in [1.29, 1.82) is 5.26 Å². The topological polar surface area (TPSA) is 52.9 Å². The molecule has 3 nitrogen and oxygen atoms in total. The van der Waals surface area contributed by atoms with Crippen molar-refractivity contribution in [2.75, 3.05) is 0 Å². The molecule has 0 spiro atoms. The lowest BCUT2D eigenvalue weighted by Gasteiger charge is -2.13. The van der Waals surface area contributed by atoms with Crippen LogP contribution in [0.5, 0.6) is 0 Å². The van der Waals surface area contributed by atoms with E-state index < -0.39 is 0 Å². The van der Waals surface area contributed by atoms with Crippen LogP contribution < -0.4 is 5.32 Å². The Balaban J connectivity index is 2.45. The fourth-order valence-corrected chi connectivity index (χ4v) is 1.67. The second kappa shape index (κ2) is 4.66. The minimum absolute atomic E-state index is 0.00852. The molecule has 0 aromatic carbocycles. The van der Waals surface area contributed by atoms with Crippen LogP contribution in [0.4, 0.5) is 0 Å². The normalized spacial score (nSPS) is 27.4. The summed E-state index contributed by atoms with van der Waals surface area (Å²) in [4.78, 5) is 11.2. The van der Waals surface area contributed by atoms with Gasteiger partial charge in [-0.15, -0.1) is 0 Å². The molecule has 1 aliphatic rings. The first-order chi connectivity index (χ1) is 6.27. The van der Waals surface area contributed by atoms with Crippen molar-refractivity contribution in [3.63, 3.8) is 0 Å². The summed E-state index contributed by atoms with van der Waals surface area (Å²) in [6.07, 6.45) is 6.08. The third-order valence-corrected chi connectivity index (χ3v) is 2.33. The highest BCUT2D eigenvalue weighted by molar-refractivity contribution is 5.87. The molecule has 1 amide bonds. The van der Waals surface area contributed by atoms with Crippen LogP contribution in [0.2, 0.25) is 0 Å². The third-order valence-electron chi connectivity index (χ3n) is 2.33. The van der Waals surface area contributed by atoms with E-state index in [0.717, 1.165) is 19.3 Å². The molecule has 13 heavy (non-hydrogen) atoms. The van der Waals surface area contributed by atoms with Crippen molar-refractivity contribution in [3.05, 3.63) is 12.2 Å². The number of nitrogens with zero attached hydrogens (tertiary/aromatic N) is 1. The van der Waals surface area contributed by atoms with E-state index in [4.69, 9.17) is 5.26 Å². The average Bonchev–Trinajstić information content (AvgIpc) is 2.52. The summed E-state index contributed by atoms with van der Waals surface area (Å²) in [5.41, 5.74) is 0. The lowest BCUT2D eigenvalue weighted by atomic mass is 10.1. The molecule has 70 valence electrons. The van der Waals surface area contributed by atoms with E-state index in [9.17, 15) is 4.79 Å². The monoisotopic (exact) mass is 178 g/mol. The number of hydrogen-bond donors (Lipinski definition) is 1. The second-order valence-corrected chi connectivity index (χ2v) is 3.28. The molecule has 2 unspecified atom stereocenters. The van der Waals surface area contributed by atoms with Crippen molar-refractivity contribution in [2.24, 2.45) is 5.92 Å². The number of allylic oxidation sites excluding steroid dienone is 1. The number of nitrogens with one attached hydrogen (secondary N) is 1. The highest BCUT2D eigenvalue weighted by Crippen LogP contribution is 2.24. The fourth-order valence-electron chi connectivity index (χ4n) is 1.67. The Morgan fingerprint density at radius 3 is 3.00 bits per heavy atom. The molecule has 0 saturated heterocycles. The Kier molecular flexibility index (Phi) is 3.51. The van der Waals surface area contributed by atoms with Crippen molar-refractivity contribution in [3.8, 4) is 6.07 Å².